The van der Waals surface area contributed by atoms with Crippen LogP contribution in [0, 0.1) is 10.8 Å². The lowest BCUT2D eigenvalue weighted by molar-refractivity contribution is -0.117. The van der Waals surface area contributed by atoms with E-state index < -0.39 is 18.1 Å². The number of amidine groups is 1. The van der Waals surface area contributed by atoms with E-state index in [1.807, 2.05) is 60.7 Å². The summed E-state index contributed by atoms with van der Waals surface area (Å²) in [7, 11) is 0. The molecule has 3 aromatic carbocycles. The number of amides is 1. The van der Waals surface area contributed by atoms with Gasteiger partial charge in [0.25, 0.3) is 11.9 Å². The highest BCUT2D eigenvalue weighted by atomic mass is 35.5. The summed E-state index contributed by atoms with van der Waals surface area (Å²) in [5.74, 6) is -0.755. The number of halogens is 1. The van der Waals surface area contributed by atoms with Crippen LogP contribution >= 0.6 is 11.6 Å². The second-order valence-electron chi connectivity index (χ2n) is 9.68. The number of nitrogens with zero attached hydrogens (tertiary/aromatic N) is 2. The van der Waals surface area contributed by atoms with Gasteiger partial charge in [0.1, 0.15) is 0 Å². The quantitative estimate of drug-likeness (QED) is 0.288. The summed E-state index contributed by atoms with van der Waals surface area (Å²) in [6, 6.07) is 22.6. The molecule has 6 rings (SSSR count). The normalized spacial score (nSPS) is 21.8. The third-order valence-electron chi connectivity index (χ3n) is 7.20. The van der Waals surface area contributed by atoms with Crippen molar-refractivity contribution in [1.29, 1.82) is 10.8 Å². The zero-order chi connectivity index (χ0) is 26.9. The summed E-state index contributed by atoms with van der Waals surface area (Å²) in [6.45, 7) is 1.40. The van der Waals surface area contributed by atoms with Crippen LogP contribution in [-0.2, 0) is 14.3 Å². The first kappa shape index (κ1) is 25.1. The van der Waals surface area contributed by atoms with Gasteiger partial charge in [0.15, 0.2) is 0 Å². The molecule has 2 saturated heterocycles. The minimum absolute atomic E-state index is 0.307. The molecular formula is C29H27ClN6O3. The van der Waals surface area contributed by atoms with Gasteiger partial charge in [-0.1, -0.05) is 60.1 Å². The number of carbonyl (C=O) groups excluding carboxylic acids is 1. The summed E-state index contributed by atoms with van der Waals surface area (Å²) >= 11 is 6.56. The maximum atomic E-state index is 13.0. The molecule has 198 valence electrons. The van der Waals surface area contributed by atoms with Gasteiger partial charge < -0.3 is 25.0 Å². The second kappa shape index (κ2) is 10.5. The van der Waals surface area contributed by atoms with E-state index in [1.54, 1.807) is 12.1 Å². The van der Waals surface area contributed by atoms with Crippen LogP contribution in [0.15, 0.2) is 77.8 Å². The van der Waals surface area contributed by atoms with Gasteiger partial charge in [-0.25, -0.2) is 4.99 Å². The lowest BCUT2D eigenvalue weighted by atomic mass is 10.0. The SMILES string of the molecule is N=C(N[C@H]1N=C(c2ccccc2)c2ccccc2NC1=O)OC(=N)c1ccc(N2C3CCC2COC3)cc1Cl. The Labute approximate surface area is 230 Å². The molecule has 3 atom stereocenters. The molecular weight excluding hydrogens is 516 g/mol. The highest BCUT2D eigenvalue weighted by Gasteiger charge is 2.37. The van der Waals surface area contributed by atoms with E-state index in [9.17, 15) is 4.79 Å². The van der Waals surface area contributed by atoms with E-state index in [2.05, 4.69) is 20.5 Å². The molecule has 2 bridgehead atoms. The van der Waals surface area contributed by atoms with Gasteiger partial charge in [-0.2, -0.15) is 0 Å². The Hall–Kier alpha value is -4.21. The average molecular weight is 543 g/mol. The Morgan fingerprint density at radius 3 is 2.49 bits per heavy atom. The van der Waals surface area contributed by atoms with Crippen molar-refractivity contribution in [3.63, 3.8) is 0 Å². The first-order valence-electron chi connectivity index (χ1n) is 12.8. The molecule has 2 unspecified atom stereocenters. The number of benzene rings is 3. The molecule has 10 heteroatoms. The van der Waals surface area contributed by atoms with Crippen molar-refractivity contribution >= 4 is 46.5 Å². The fourth-order valence-electron chi connectivity index (χ4n) is 5.39. The largest absolute Gasteiger partial charge is 0.407 e. The van der Waals surface area contributed by atoms with Gasteiger partial charge in [0.2, 0.25) is 12.1 Å². The number of fused-ring (bicyclic) bond motifs is 3. The van der Waals surface area contributed by atoms with E-state index in [0.29, 0.717) is 47.3 Å². The lowest BCUT2D eigenvalue weighted by Gasteiger charge is -2.36. The summed E-state index contributed by atoms with van der Waals surface area (Å²) in [5, 5.41) is 22.7. The highest BCUT2D eigenvalue weighted by Crippen LogP contribution is 2.36. The van der Waals surface area contributed by atoms with Crippen LogP contribution in [0.5, 0.6) is 0 Å². The van der Waals surface area contributed by atoms with Crippen LogP contribution in [0.4, 0.5) is 11.4 Å². The van der Waals surface area contributed by atoms with E-state index in [1.165, 1.54) is 0 Å². The number of benzodiazepines with no additional fused rings is 1. The fourth-order valence-corrected chi connectivity index (χ4v) is 5.65. The number of nitrogens with one attached hydrogen (secondary N) is 4. The molecule has 0 radical (unpaired) electrons. The monoisotopic (exact) mass is 542 g/mol. The molecule has 0 spiro atoms. The number of rotatable bonds is 4. The molecule has 1 amide bonds. The van der Waals surface area contributed by atoms with Crippen LogP contribution in [0.3, 0.4) is 0 Å². The van der Waals surface area contributed by atoms with Gasteiger partial charge in [0, 0.05) is 16.8 Å². The average Bonchev–Trinajstić information content (AvgIpc) is 3.10. The molecule has 39 heavy (non-hydrogen) atoms. The Balaban J connectivity index is 1.18. The summed E-state index contributed by atoms with van der Waals surface area (Å²) in [4.78, 5) is 20.0. The number of anilines is 2. The van der Waals surface area contributed by atoms with E-state index in [0.717, 1.165) is 29.7 Å². The Bertz CT molecular complexity index is 1460. The van der Waals surface area contributed by atoms with Gasteiger partial charge >= 0.3 is 0 Å². The maximum absolute atomic E-state index is 13.0. The third kappa shape index (κ3) is 4.98. The van der Waals surface area contributed by atoms with Crippen molar-refractivity contribution in [1.82, 2.24) is 5.32 Å². The Kier molecular flexibility index (Phi) is 6.76. The topological polar surface area (TPSA) is 123 Å². The molecule has 3 aliphatic heterocycles. The first-order valence-corrected chi connectivity index (χ1v) is 13.2. The Morgan fingerprint density at radius 1 is 1.03 bits per heavy atom. The summed E-state index contributed by atoms with van der Waals surface area (Å²) in [6.07, 6.45) is 1.02. The van der Waals surface area contributed by atoms with Gasteiger partial charge in [0.05, 0.1) is 47.3 Å². The number of hydrogen-bond donors (Lipinski definition) is 4. The molecule has 4 N–H and O–H groups in total. The lowest BCUT2D eigenvalue weighted by Crippen LogP contribution is -2.45. The van der Waals surface area contributed by atoms with Crippen LogP contribution in [-0.4, -0.2) is 55.0 Å². The van der Waals surface area contributed by atoms with Gasteiger partial charge in [-0.15, -0.1) is 0 Å². The smallest absolute Gasteiger partial charge is 0.290 e. The minimum Gasteiger partial charge on any atom is -0.407 e. The highest BCUT2D eigenvalue weighted by molar-refractivity contribution is 6.34. The predicted molar refractivity (Wildman–Crippen MR) is 151 cm³/mol. The van der Waals surface area contributed by atoms with E-state index in [4.69, 9.17) is 31.9 Å². The van der Waals surface area contributed by atoms with Crippen molar-refractivity contribution in [3.05, 3.63) is 94.5 Å². The number of hydrogen-bond acceptors (Lipinski definition) is 7. The molecule has 0 aliphatic carbocycles. The van der Waals surface area contributed by atoms with Crippen molar-refractivity contribution in [3.8, 4) is 0 Å². The van der Waals surface area contributed by atoms with Crippen LogP contribution < -0.4 is 15.5 Å². The number of para-hydroxylation sites is 1. The van der Waals surface area contributed by atoms with Crippen LogP contribution in [0.1, 0.15) is 29.5 Å². The number of ether oxygens (including phenoxy) is 2. The molecule has 3 aliphatic rings. The Morgan fingerprint density at radius 2 is 1.74 bits per heavy atom. The molecule has 3 heterocycles. The maximum Gasteiger partial charge on any atom is 0.290 e. The molecule has 9 nitrogen and oxygen atoms in total. The molecule has 3 aromatic rings. The third-order valence-corrected chi connectivity index (χ3v) is 7.51. The van der Waals surface area contributed by atoms with Gasteiger partial charge in [-0.3, -0.25) is 15.6 Å². The van der Waals surface area contributed by atoms with Crippen molar-refractivity contribution in [2.45, 2.75) is 31.1 Å². The fraction of sp³-hybridized carbons (Fsp3) is 0.241. The van der Waals surface area contributed by atoms with E-state index in [-0.39, 0.29) is 5.90 Å². The zero-order valence-electron chi connectivity index (χ0n) is 21.0. The number of aliphatic imine (C=N–C) groups is 1. The zero-order valence-corrected chi connectivity index (χ0v) is 21.7. The van der Waals surface area contributed by atoms with Crippen LogP contribution in [0.2, 0.25) is 5.02 Å². The molecule has 0 saturated carbocycles. The first-order chi connectivity index (χ1) is 19.0. The van der Waals surface area contributed by atoms with Crippen molar-refractivity contribution in [2.24, 2.45) is 4.99 Å². The summed E-state index contributed by atoms with van der Waals surface area (Å²) in [5.41, 5.74) is 4.14. The van der Waals surface area contributed by atoms with E-state index >= 15 is 0 Å². The minimum atomic E-state index is -1.15. The van der Waals surface area contributed by atoms with Crippen molar-refractivity contribution in [2.75, 3.05) is 23.4 Å². The van der Waals surface area contributed by atoms with Crippen LogP contribution in [0.25, 0.3) is 0 Å². The van der Waals surface area contributed by atoms with Crippen molar-refractivity contribution < 1.29 is 14.3 Å². The molecule has 0 aromatic heterocycles. The standard InChI is InChI=1S/C29H27ClN6O3/c30-23-14-18(36-19-10-11-20(36)16-38-15-19)12-13-21(23)26(31)39-29(32)35-27-28(37)33-24-9-5-4-8-22(24)25(34-27)17-6-2-1-3-7-17/h1-9,12-14,19-20,27,31H,10-11,15-16H2,(H2,32,35)(H,33,37)/t19?,20?,27-/m1/s1. The second-order valence-corrected chi connectivity index (χ2v) is 10.1. The number of morpholine rings is 1. The van der Waals surface area contributed by atoms with Gasteiger partial charge in [-0.05, 0) is 37.1 Å². The number of carbonyl (C=O) groups is 1. The predicted octanol–water partition coefficient (Wildman–Crippen LogP) is 4.39. The summed E-state index contributed by atoms with van der Waals surface area (Å²) < 4.78 is 11.1. The molecule has 2 fully saturated rings.